The molecule has 1 saturated heterocycles. The fourth-order valence-corrected chi connectivity index (χ4v) is 4.10. The molecule has 1 amide bonds. The van der Waals surface area contributed by atoms with E-state index in [1.54, 1.807) is 17.0 Å². The van der Waals surface area contributed by atoms with Crippen molar-refractivity contribution in [3.63, 3.8) is 0 Å². The number of hydrogen-bond donors (Lipinski definition) is 1. The van der Waals surface area contributed by atoms with Gasteiger partial charge in [-0.3, -0.25) is 10.1 Å². The lowest BCUT2D eigenvalue weighted by Gasteiger charge is -2.41. The zero-order chi connectivity index (χ0) is 21.2. The van der Waals surface area contributed by atoms with Crippen LogP contribution in [-0.2, 0) is 4.74 Å². The molecule has 0 radical (unpaired) electrons. The standard InChI is InChI=1S/C21H32N4O4/c1-15-14-23(20(26)29-21(2,3)4)11-12-24(15)17-9-10-19(25(27)28)18(13-17)22-16-7-5-6-8-16/h9-10,13,15-16,22H,5-8,11-12,14H2,1-4H3/t15-/m0/s1. The van der Waals surface area contributed by atoms with E-state index in [1.165, 1.54) is 0 Å². The maximum absolute atomic E-state index is 12.4. The van der Waals surface area contributed by atoms with Gasteiger partial charge in [0.15, 0.2) is 0 Å². The number of nitro groups is 1. The molecule has 0 spiro atoms. The quantitative estimate of drug-likeness (QED) is 0.591. The second-order valence-corrected chi connectivity index (χ2v) is 9.05. The summed E-state index contributed by atoms with van der Waals surface area (Å²) >= 11 is 0. The first-order valence-corrected chi connectivity index (χ1v) is 10.4. The fourth-order valence-electron chi connectivity index (χ4n) is 4.10. The Labute approximate surface area is 172 Å². The highest BCUT2D eigenvalue weighted by Gasteiger charge is 2.31. The minimum atomic E-state index is -0.517. The zero-order valence-corrected chi connectivity index (χ0v) is 17.8. The molecule has 1 aliphatic heterocycles. The third-order valence-corrected chi connectivity index (χ3v) is 5.50. The first-order valence-electron chi connectivity index (χ1n) is 10.4. The molecule has 160 valence electrons. The first-order chi connectivity index (χ1) is 13.6. The highest BCUT2D eigenvalue weighted by atomic mass is 16.6. The molecule has 1 atom stereocenters. The van der Waals surface area contributed by atoms with Crippen LogP contribution in [0.2, 0.25) is 0 Å². The smallest absolute Gasteiger partial charge is 0.410 e. The number of nitro benzene ring substituents is 1. The Morgan fingerprint density at radius 2 is 1.93 bits per heavy atom. The van der Waals surface area contributed by atoms with E-state index in [0.29, 0.717) is 31.4 Å². The molecule has 8 heteroatoms. The van der Waals surface area contributed by atoms with Gasteiger partial charge in [-0.15, -0.1) is 0 Å². The number of nitrogens with one attached hydrogen (secondary N) is 1. The number of carbonyl (C=O) groups excluding carboxylic acids is 1. The molecular weight excluding hydrogens is 372 g/mol. The third kappa shape index (κ3) is 5.31. The predicted octanol–water partition coefficient (Wildman–Crippen LogP) is 4.39. The summed E-state index contributed by atoms with van der Waals surface area (Å²) in [6.07, 6.45) is 4.12. The molecule has 2 aliphatic rings. The van der Waals surface area contributed by atoms with Gasteiger partial charge in [0.25, 0.3) is 5.69 Å². The molecule has 2 fully saturated rings. The van der Waals surface area contributed by atoms with E-state index in [4.69, 9.17) is 4.74 Å². The Kier molecular flexibility index (Phi) is 6.19. The molecule has 1 aliphatic carbocycles. The summed E-state index contributed by atoms with van der Waals surface area (Å²) in [6.45, 7) is 9.41. The SMILES string of the molecule is C[C@H]1CN(C(=O)OC(C)(C)C)CCN1c1ccc([N+](=O)[O-])c(NC2CCCC2)c1. The number of hydrogen-bond acceptors (Lipinski definition) is 6. The Balaban J connectivity index is 1.73. The summed E-state index contributed by atoms with van der Waals surface area (Å²) in [6, 6.07) is 5.65. The van der Waals surface area contributed by atoms with Gasteiger partial charge in [0.05, 0.1) is 4.92 Å². The predicted molar refractivity (Wildman–Crippen MR) is 114 cm³/mol. The summed E-state index contributed by atoms with van der Waals surface area (Å²) in [5.41, 5.74) is 1.12. The molecular formula is C21H32N4O4. The van der Waals surface area contributed by atoms with Crippen LogP contribution in [0.3, 0.4) is 0 Å². The van der Waals surface area contributed by atoms with E-state index >= 15 is 0 Å². The van der Waals surface area contributed by atoms with Crippen molar-refractivity contribution < 1.29 is 14.5 Å². The number of ether oxygens (including phenoxy) is 1. The number of amides is 1. The van der Waals surface area contributed by atoms with Crippen LogP contribution in [0.4, 0.5) is 21.9 Å². The van der Waals surface area contributed by atoms with Crippen LogP contribution in [0.25, 0.3) is 0 Å². The summed E-state index contributed by atoms with van der Waals surface area (Å²) < 4.78 is 5.49. The highest BCUT2D eigenvalue weighted by Crippen LogP contribution is 2.34. The van der Waals surface area contributed by atoms with Crippen molar-refractivity contribution in [2.45, 2.75) is 71.1 Å². The second kappa shape index (κ2) is 8.47. The number of piperazine rings is 1. The molecule has 0 bridgehead atoms. The summed E-state index contributed by atoms with van der Waals surface area (Å²) in [5, 5.41) is 14.9. The Morgan fingerprint density at radius 1 is 1.24 bits per heavy atom. The van der Waals surface area contributed by atoms with Gasteiger partial charge < -0.3 is 19.9 Å². The van der Waals surface area contributed by atoms with Crippen LogP contribution in [0.5, 0.6) is 0 Å². The van der Waals surface area contributed by atoms with Crippen LogP contribution in [0, 0.1) is 10.1 Å². The molecule has 0 unspecified atom stereocenters. The molecule has 8 nitrogen and oxygen atoms in total. The highest BCUT2D eigenvalue weighted by molar-refractivity contribution is 5.71. The number of nitrogens with zero attached hydrogens (tertiary/aromatic N) is 3. The molecule has 1 aromatic rings. The van der Waals surface area contributed by atoms with Crippen molar-refractivity contribution in [1.82, 2.24) is 4.90 Å². The Morgan fingerprint density at radius 3 is 2.52 bits per heavy atom. The van der Waals surface area contributed by atoms with Gasteiger partial charge in [-0.25, -0.2) is 4.79 Å². The lowest BCUT2D eigenvalue weighted by atomic mass is 10.1. The van der Waals surface area contributed by atoms with Gasteiger partial charge in [0, 0.05) is 43.5 Å². The minimum absolute atomic E-state index is 0.0806. The van der Waals surface area contributed by atoms with Crippen LogP contribution < -0.4 is 10.2 Å². The van der Waals surface area contributed by atoms with E-state index in [1.807, 2.05) is 26.8 Å². The van der Waals surface area contributed by atoms with Gasteiger partial charge in [0.1, 0.15) is 11.3 Å². The number of rotatable bonds is 4. The van der Waals surface area contributed by atoms with Gasteiger partial charge >= 0.3 is 6.09 Å². The van der Waals surface area contributed by atoms with Gasteiger partial charge in [-0.1, -0.05) is 12.8 Å². The van der Waals surface area contributed by atoms with Crippen molar-refractivity contribution in [2.75, 3.05) is 29.9 Å². The van der Waals surface area contributed by atoms with Crippen molar-refractivity contribution in [3.8, 4) is 0 Å². The summed E-state index contributed by atoms with van der Waals surface area (Å²) in [7, 11) is 0. The Bertz CT molecular complexity index is 756. The maximum Gasteiger partial charge on any atom is 0.410 e. The van der Waals surface area contributed by atoms with Crippen molar-refractivity contribution in [1.29, 1.82) is 0 Å². The molecule has 0 aromatic heterocycles. The topological polar surface area (TPSA) is 88.0 Å². The monoisotopic (exact) mass is 404 g/mol. The number of anilines is 2. The lowest BCUT2D eigenvalue weighted by molar-refractivity contribution is -0.384. The first kappa shape index (κ1) is 21.2. The van der Waals surface area contributed by atoms with Crippen LogP contribution in [0.1, 0.15) is 53.4 Å². The molecule has 1 heterocycles. The van der Waals surface area contributed by atoms with E-state index in [9.17, 15) is 14.9 Å². The average molecular weight is 405 g/mol. The summed E-state index contributed by atoms with van der Waals surface area (Å²) in [4.78, 5) is 27.4. The van der Waals surface area contributed by atoms with Crippen molar-refractivity contribution in [3.05, 3.63) is 28.3 Å². The van der Waals surface area contributed by atoms with E-state index in [0.717, 1.165) is 31.4 Å². The van der Waals surface area contributed by atoms with E-state index in [-0.39, 0.29) is 22.7 Å². The van der Waals surface area contributed by atoms with Crippen LogP contribution in [0.15, 0.2) is 18.2 Å². The fraction of sp³-hybridized carbons (Fsp3) is 0.667. The molecule has 29 heavy (non-hydrogen) atoms. The average Bonchev–Trinajstić information content (AvgIpc) is 3.13. The molecule has 1 N–H and O–H groups in total. The Hall–Kier alpha value is -2.51. The van der Waals surface area contributed by atoms with E-state index < -0.39 is 5.60 Å². The molecule has 1 aromatic carbocycles. The van der Waals surface area contributed by atoms with Crippen LogP contribution in [-0.4, -0.2) is 53.2 Å². The van der Waals surface area contributed by atoms with Gasteiger partial charge in [-0.05, 0) is 52.7 Å². The van der Waals surface area contributed by atoms with Crippen molar-refractivity contribution in [2.24, 2.45) is 0 Å². The second-order valence-electron chi connectivity index (χ2n) is 9.05. The van der Waals surface area contributed by atoms with Gasteiger partial charge in [-0.2, -0.15) is 0 Å². The third-order valence-electron chi connectivity index (χ3n) is 5.50. The normalized spacial score (nSPS) is 20.6. The van der Waals surface area contributed by atoms with Gasteiger partial charge in [0.2, 0.25) is 0 Å². The minimum Gasteiger partial charge on any atom is -0.444 e. The molecule has 1 saturated carbocycles. The summed E-state index contributed by atoms with van der Waals surface area (Å²) in [5.74, 6) is 0. The van der Waals surface area contributed by atoms with Crippen LogP contribution >= 0.6 is 0 Å². The maximum atomic E-state index is 12.4. The molecule has 3 rings (SSSR count). The van der Waals surface area contributed by atoms with Crippen molar-refractivity contribution >= 4 is 23.2 Å². The lowest BCUT2D eigenvalue weighted by Crippen LogP contribution is -2.54. The number of carbonyl (C=O) groups is 1. The van der Waals surface area contributed by atoms with E-state index in [2.05, 4.69) is 17.1 Å². The largest absolute Gasteiger partial charge is 0.444 e. The number of benzene rings is 1. The zero-order valence-electron chi connectivity index (χ0n) is 17.8.